The summed E-state index contributed by atoms with van der Waals surface area (Å²) in [6.45, 7) is 3.32. The van der Waals surface area contributed by atoms with E-state index in [2.05, 4.69) is 5.32 Å². The molecule has 1 saturated heterocycles. The number of amides is 1. The number of carboxylic acids is 1. The van der Waals surface area contributed by atoms with E-state index in [0.29, 0.717) is 19.8 Å². The molecule has 1 aromatic carbocycles. The van der Waals surface area contributed by atoms with Crippen LogP contribution in [0, 0.1) is 5.92 Å². The molecule has 6 nitrogen and oxygen atoms in total. The lowest BCUT2D eigenvalue weighted by Gasteiger charge is -2.24. The van der Waals surface area contributed by atoms with Gasteiger partial charge >= 0.3 is 5.97 Å². The molecule has 1 fully saturated rings. The molecule has 0 aliphatic carbocycles. The zero-order valence-electron chi connectivity index (χ0n) is 13.9. The van der Waals surface area contributed by atoms with Crippen LogP contribution in [-0.4, -0.2) is 42.9 Å². The van der Waals surface area contributed by atoms with E-state index in [-0.39, 0.29) is 18.4 Å². The van der Waals surface area contributed by atoms with E-state index < -0.39 is 17.9 Å². The summed E-state index contributed by atoms with van der Waals surface area (Å²) < 4.78 is 11.0. The van der Waals surface area contributed by atoms with Crippen LogP contribution in [0.3, 0.4) is 0 Å². The summed E-state index contributed by atoms with van der Waals surface area (Å²) in [6, 6.07) is 8.61. The number of nitrogens with one attached hydrogen (secondary N) is 1. The number of ether oxygens (including phenoxy) is 2. The van der Waals surface area contributed by atoms with Gasteiger partial charge in [0.1, 0.15) is 0 Å². The topological polar surface area (TPSA) is 84.9 Å². The third kappa shape index (κ3) is 5.62. The maximum Gasteiger partial charge on any atom is 0.308 e. The largest absolute Gasteiger partial charge is 0.481 e. The highest BCUT2D eigenvalue weighted by Crippen LogP contribution is 2.22. The van der Waals surface area contributed by atoms with Gasteiger partial charge in [-0.25, -0.2) is 0 Å². The minimum Gasteiger partial charge on any atom is -0.481 e. The van der Waals surface area contributed by atoms with Crippen LogP contribution in [-0.2, 0) is 19.1 Å². The zero-order valence-corrected chi connectivity index (χ0v) is 13.9. The summed E-state index contributed by atoms with van der Waals surface area (Å²) in [4.78, 5) is 23.5. The second-order valence-electron chi connectivity index (χ2n) is 6.02. The number of hydrogen-bond acceptors (Lipinski definition) is 4. The van der Waals surface area contributed by atoms with E-state index in [0.717, 1.165) is 18.4 Å². The highest BCUT2D eigenvalue weighted by atomic mass is 16.5. The lowest BCUT2D eigenvalue weighted by Crippen LogP contribution is -2.36. The molecule has 2 rings (SSSR count). The number of carbonyl (C=O) groups excluding carboxylic acids is 1. The number of carbonyl (C=O) groups is 2. The maximum atomic E-state index is 12.2. The molecule has 1 aliphatic heterocycles. The van der Waals surface area contributed by atoms with E-state index in [1.165, 1.54) is 0 Å². The molecule has 24 heavy (non-hydrogen) atoms. The van der Waals surface area contributed by atoms with Crippen LogP contribution in [0.15, 0.2) is 30.3 Å². The summed E-state index contributed by atoms with van der Waals surface area (Å²) >= 11 is 0. The van der Waals surface area contributed by atoms with Gasteiger partial charge in [-0.05, 0) is 25.3 Å². The van der Waals surface area contributed by atoms with Crippen molar-refractivity contribution >= 4 is 11.9 Å². The van der Waals surface area contributed by atoms with Gasteiger partial charge < -0.3 is 19.9 Å². The molecule has 6 heteroatoms. The second kappa shape index (κ2) is 9.39. The van der Waals surface area contributed by atoms with Crippen LogP contribution in [0.1, 0.15) is 37.8 Å². The van der Waals surface area contributed by atoms with Crippen molar-refractivity contribution in [1.82, 2.24) is 5.32 Å². The predicted octanol–water partition coefficient (Wildman–Crippen LogP) is 2.15. The van der Waals surface area contributed by atoms with Crippen LogP contribution >= 0.6 is 0 Å². The summed E-state index contributed by atoms with van der Waals surface area (Å²) in [5.41, 5.74) is 0.783. The molecule has 2 N–H and O–H groups in total. The SMILES string of the molecule is CC(C(=O)O)C(NC(=O)CCOC1CCOCC1)c1ccccc1. The number of carboxylic acid groups (broad SMARTS) is 1. The first-order valence-corrected chi connectivity index (χ1v) is 8.34. The maximum absolute atomic E-state index is 12.2. The summed E-state index contributed by atoms with van der Waals surface area (Å²) in [5, 5.41) is 12.1. The lowest BCUT2D eigenvalue weighted by atomic mass is 9.94. The number of rotatable bonds is 8. The Labute approximate surface area is 142 Å². The minimum atomic E-state index is -0.942. The van der Waals surface area contributed by atoms with Crippen LogP contribution in [0.4, 0.5) is 0 Å². The van der Waals surface area contributed by atoms with Gasteiger partial charge in [0.2, 0.25) is 5.91 Å². The smallest absolute Gasteiger partial charge is 0.308 e. The van der Waals surface area contributed by atoms with Gasteiger partial charge in [0, 0.05) is 19.6 Å². The Hall–Kier alpha value is -1.92. The Bertz CT molecular complexity index is 527. The van der Waals surface area contributed by atoms with Crippen LogP contribution in [0.5, 0.6) is 0 Å². The monoisotopic (exact) mass is 335 g/mol. The quantitative estimate of drug-likeness (QED) is 0.760. The molecule has 0 spiro atoms. The molecule has 1 heterocycles. The molecular formula is C18H25NO5. The highest BCUT2D eigenvalue weighted by Gasteiger charge is 2.26. The predicted molar refractivity (Wildman–Crippen MR) is 88.5 cm³/mol. The number of hydrogen-bond donors (Lipinski definition) is 2. The van der Waals surface area contributed by atoms with Crippen LogP contribution in [0.25, 0.3) is 0 Å². The molecule has 2 unspecified atom stereocenters. The first-order chi connectivity index (χ1) is 11.6. The fourth-order valence-electron chi connectivity index (χ4n) is 2.71. The Morgan fingerprint density at radius 1 is 1.29 bits per heavy atom. The van der Waals surface area contributed by atoms with Gasteiger partial charge in [-0.3, -0.25) is 9.59 Å². The molecule has 1 aromatic rings. The average molecular weight is 335 g/mol. The fourth-order valence-corrected chi connectivity index (χ4v) is 2.71. The van der Waals surface area contributed by atoms with Gasteiger partial charge in [-0.1, -0.05) is 30.3 Å². The van der Waals surface area contributed by atoms with E-state index in [1.54, 1.807) is 6.92 Å². The highest BCUT2D eigenvalue weighted by molar-refractivity contribution is 5.78. The van der Waals surface area contributed by atoms with Crippen molar-refractivity contribution in [1.29, 1.82) is 0 Å². The normalized spacial score (nSPS) is 17.9. The first kappa shape index (κ1) is 18.4. The fraction of sp³-hybridized carbons (Fsp3) is 0.556. The zero-order chi connectivity index (χ0) is 17.4. The molecule has 1 aliphatic rings. The third-order valence-electron chi connectivity index (χ3n) is 4.22. The van der Waals surface area contributed by atoms with Gasteiger partial charge in [-0.2, -0.15) is 0 Å². The average Bonchev–Trinajstić information content (AvgIpc) is 2.60. The molecule has 2 atom stereocenters. The van der Waals surface area contributed by atoms with E-state index in [4.69, 9.17) is 9.47 Å². The van der Waals surface area contributed by atoms with Gasteiger partial charge in [0.05, 0.1) is 24.7 Å². The molecule has 0 aromatic heterocycles. The van der Waals surface area contributed by atoms with Crippen molar-refractivity contribution in [2.24, 2.45) is 5.92 Å². The molecule has 132 valence electrons. The standard InChI is InChI=1S/C18H25NO5/c1-13(18(21)22)17(14-5-3-2-4-6-14)19-16(20)9-12-24-15-7-10-23-11-8-15/h2-6,13,15,17H,7-12H2,1H3,(H,19,20)(H,21,22). The van der Waals surface area contributed by atoms with Gasteiger partial charge in [0.25, 0.3) is 0 Å². The molecule has 0 bridgehead atoms. The molecule has 1 amide bonds. The Kier molecular flexibility index (Phi) is 7.21. The van der Waals surface area contributed by atoms with Crippen molar-refractivity contribution < 1.29 is 24.2 Å². The van der Waals surface area contributed by atoms with Gasteiger partial charge in [0.15, 0.2) is 0 Å². The number of benzene rings is 1. The van der Waals surface area contributed by atoms with Gasteiger partial charge in [-0.15, -0.1) is 0 Å². The van der Waals surface area contributed by atoms with Crippen molar-refractivity contribution in [3.63, 3.8) is 0 Å². The summed E-state index contributed by atoms with van der Waals surface area (Å²) in [7, 11) is 0. The van der Waals surface area contributed by atoms with E-state index in [9.17, 15) is 14.7 Å². The van der Waals surface area contributed by atoms with Crippen molar-refractivity contribution in [3.8, 4) is 0 Å². The van der Waals surface area contributed by atoms with E-state index in [1.807, 2.05) is 30.3 Å². The molecule has 0 radical (unpaired) electrons. The van der Waals surface area contributed by atoms with Crippen molar-refractivity contribution in [2.45, 2.75) is 38.3 Å². The lowest BCUT2D eigenvalue weighted by molar-refractivity contribution is -0.142. The number of aliphatic carboxylic acids is 1. The molecular weight excluding hydrogens is 310 g/mol. The summed E-state index contributed by atoms with van der Waals surface area (Å²) in [5.74, 6) is -1.86. The first-order valence-electron chi connectivity index (χ1n) is 8.34. The second-order valence-corrected chi connectivity index (χ2v) is 6.02. The third-order valence-corrected chi connectivity index (χ3v) is 4.22. The minimum absolute atomic E-state index is 0.148. The Balaban J connectivity index is 1.86. The molecule has 0 saturated carbocycles. The van der Waals surface area contributed by atoms with Crippen molar-refractivity contribution in [3.05, 3.63) is 35.9 Å². The Morgan fingerprint density at radius 2 is 1.96 bits per heavy atom. The van der Waals surface area contributed by atoms with Crippen LogP contribution in [0.2, 0.25) is 0 Å². The van der Waals surface area contributed by atoms with Crippen LogP contribution < -0.4 is 5.32 Å². The Morgan fingerprint density at radius 3 is 2.58 bits per heavy atom. The van der Waals surface area contributed by atoms with E-state index >= 15 is 0 Å². The summed E-state index contributed by atoms with van der Waals surface area (Å²) in [6.07, 6.45) is 2.07. The van der Waals surface area contributed by atoms with Crippen molar-refractivity contribution in [2.75, 3.05) is 19.8 Å².